The maximum Gasteiger partial charge on any atom is 0.217 e. The highest BCUT2D eigenvalue weighted by molar-refractivity contribution is 5.74. The quantitative estimate of drug-likeness (QED) is 0.0867. The van der Waals surface area contributed by atoms with E-state index in [4.69, 9.17) is 29.8 Å². The van der Waals surface area contributed by atoms with E-state index in [1.54, 1.807) is 37.3 Å². The van der Waals surface area contributed by atoms with Crippen LogP contribution in [-0.2, 0) is 40.1 Å². The number of nitrogens with two attached hydrogens (primary N) is 2. The first-order valence-corrected chi connectivity index (χ1v) is 29.1. The largest absolute Gasteiger partial charge is 0.492 e. The average molecular weight is 1120 g/mol. The van der Waals surface area contributed by atoms with Crippen molar-refractivity contribution >= 4 is 17.7 Å². The van der Waals surface area contributed by atoms with Crippen LogP contribution in [0, 0.1) is 0 Å². The van der Waals surface area contributed by atoms with E-state index in [0.717, 1.165) is 116 Å². The number of aromatic nitrogens is 5. The first-order chi connectivity index (χ1) is 39.9. The van der Waals surface area contributed by atoms with Crippen LogP contribution in [0.2, 0.25) is 0 Å². The zero-order chi connectivity index (χ0) is 57.6. The van der Waals surface area contributed by atoms with Gasteiger partial charge in [0.25, 0.3) is 0 Å². The molecule has 6 aliphatic rings. The molecule has 18 heteroatoms. The molecule has 7 aromatic rings. The maximum atomic E-state index is 11.0. The molecule has 0 unspecified atom stereocenters. The lowest BCUT2D eigenvalue weighted by Crippen LogP contribution is -2.31. The van der Waals surface area contributed by atoms with Crippen molar-refractivity contribution < 1.29 is 32.7 Å². The van der Waals surface area contributed by atoms with Gasteiger partial charge in [-0.3, -0.25) is 39.3 Å². The molecule has 434 valence electrons. The number of carbonyl (C=O) groups excluding carboxylic acids is 3. The van der Waals surface area contributed by atoms with Crippen molar-refractivity contribution in [2.45, 2.75) is 166 Å². The van der Waals surface area contributed by atoms with E-state index >= 15 is 0 Å². The van der Waals surface area contributed by atoms with E-state index in [1.807, 2.05) is 42.6 Å². The molecular weight excluding hydrogens is 1030 g/mol. The molecule has 13 rings (SSSR count). The summed E-state index contributed by atoms with van der Waals surface area (Å²) >= 11 is 0. The third-order valence-electron chi connectivity index (χ3n) is 15.1. The summed E-state index contributed by atoms with van der Waals surface area (Å²) < 4.78 is 21.4. The highest BCUT2D eigenvalue weighted by Gasteiger charge is 2.27. The number of furan rings is 2. The molecule has 4 aliphatic carbocycles. The van der Waals surface area contributed by atoms with Crippen LogP contribution in [-0.4, -0.2) is 55.9 Å². The first kappa shape index (κ1) is 60.3. The molecule has 6 aromatic heterocycles. The lowest BCUT2D eigenvalue weighted by atomic mass is 9.90. The first-order valence-electron chi connectivity index (χ1n) is 29.1. The minimum absolute atomic E-state index is 0.00236. The number of hydrogen-bond acceptors (Lipinski definition) is 15. The topological polar surface area (TPSA) is 261 Å². The zero-order valence-corrected chi connectivity index (χ0v) is 47.9. The van der Waals surface area contributed by atoms with Crippen LogP contribution in [0.4, 0.5) is 0 Å². The van der Waals surface area contributed by atoms with E-state index in [2.05, 4.69) is 95.6 Å². The van der Waals surface area contributed by atoms with Gasteiger partial charge in [0.2, 0.25) is 17.7 Å². The molecule has 0 fully saturated rings. The number of aryl methyl sites for hydroxylation is 4. The van der Waals surface area contributed by atoms with Crippen molar-refractivity contribution in [1.29, 1.82) is 0 Å². The lowest BCUT2D eigenvalue weighted by molar-refractivity contribution is -0.120. The number of rotatable bonds is 7. The Labute approximate surface area is 481 Å². The van der Waals surface area contributed by atoms with E-state index in [-0.39, 0.29) is 47.9 Å². The van der Waals surface area contributed by atoms with Crippen molar-refractivity contribution in [2.75, 3.05) is 13.2 Å². The molecule has 0 saturated carbocycles. The minimum Gasteiger partial charge on any atom is -0.492 e. The van der Waals surface area contributed by atoms with Gasteiger partial charge in [0.05, 0.1) is 84.8 Å². The molecule has 7 atom stereocenters. The molecular formula is C64H81N11O7. The van der Waals surface area contributed by atoms with Crippen LogP contribution < -0.4 is 42.2 Å². The number of ether oxygens (including phenoxy) is 2. The SMILES string of the molecule is CC(=O)N[C@@H]1CCCc2ccoc21.CC(=O)N[C@@H]1CCCc2nccnc21.CC(=O)N[C@@H]1CCOc2cccnc21.CC[C@@H](N[C@@H]1CCCc2cccnc21)c1ccccc1.N[C@H]1CCCc2ccoc21.N[C@H]1CCOc2cccnc21. The summed E-state index contributed by atoms with van der Waals surface area (Å²) in [6.07, 6.45) is 28.1. The van der Waals surface area contributed by atoms with E-state index in [0.29, 0.717) is 25.3 Å². The number of pyridine rings is 3. The van der Waals surface area contributed by atoms with Crippen molar-refractivity contribution in [2.24, 2.45) is 11.5 Å². The Morgan fingerprint density at radius 2 is 1.02 bits per heavy atom. The Bertz CT molecular complexity index is 3040. The van der Waals surface area contributed by atoms with E-state index < -0.39 is 0 Å². The summed E-state index contributed by atoms with van der Waals surface area (Å²) in [5.74, 6) is 3.53. The summed E-state index contributed by atoms with van der Waals surface area (Å²) in [4.78, 5) is 54.3. The van der Waals surface area contributed by atoms with Gasteiger partial charge in [-0.15, -0.1) is 0 Å². The Kier molecular flexibility index (Phi) is 22.7. The predicted molar refractivity (Wildman–Crippen MR) is 313 cm³/mol. The van der Waals surface area contributed by atoms with Crippen LogP contribution in [0.1, 0.15) is 203 Å². The number of benzene rings is 1. The third-order valence-corrected chi connectivity index (χ3v) is 15.1. The second-order valence-electron chi connectivity index (χ2n) is 21.2. The molecule has 2 aliphatic heterocycles. The molecule has 0 radical (unpaired) electrons. The van der Waals surface area contributed by atoms with Crippen LogP contribution in [0.5, 0.6) is 11.5 Å². The molecule has 8 heterocycles. The molecule has 82 heavy (non-hydrogen) atoms. The van der Waals surface area contributed by atoms with E-state index in [9.17, 15) is 14.4 Å². The Hall–Kier alpha value is -7.80. The highest BCUT2D eigenvalue weighted by Crippen LogP contribution is 2.34. The number of carbonyl (C=O) groups is 3. The van der Waals surface area contributed by atoms with Gasteiger partial charge in [-0.2, -0.15) is 0 Å². The zero-order valence-electron chi connectivity index (χ0n) is 47.9. The molecule has 0 saturated heterocycles. The summed E-state index contributed by atoms with van der Waals surface area (Å²) in [7, 11) is 0. The molecule has 0 spiro atoms. The van der Waals surface area contributed by atoms with E-state index in [1.165, 1.54) is 74.4 Å². The van der Waals surface area contributed by atoms with Gasteiger partial charge in [-0.1, -0.05) is 43.3 Å². The highest BCUT2D eigenvalue weighted by atomic mass is 16.5. The Balaban J connectivity index is 0.000000131. The average Bonchev–Trinajstić information content (AvgIpc) is 4.21. The standard InChI is InChI=1S/C18H22N2.C10H13N3O.C10H12N2O2.C10H13NO2.C8H10N2O.C8H11NO/c1-2-16(14-8-4-3-5-9-14)20-17-12-6-10-15-11-7-13-19-18(15)17;1-7(14)13-9-4-2-3-8-10(9)12-6-5-11-8;1-7(13)12-8-4-6-14-9-3-2-5-11-10(8)9;1-7(12)11-9-4-2-3-8-5-6-13-10(8)9;9-6-3-5-11-7-2-1-4-10-8(6)7;9-7-3-1-2-6-4-5-10-8(6)7/h3-5,7-9,11,13,16-17,20H,2,6,10,12H2,1H3;5-6,9H,2-4H2,1H3,(H,13,14);2-3,5,8H,4,6H2,1H3,(H,12,13);5-6,9H,2-4H2,1H3,(H,11,12);1-2,4,6H,3,5,9H2;4-5,7H,1-3,9H2/t16-,17-;9-;8-;9-;6-;7-/m111100/s1. The van der Waals surface area contributed by atoms with Gasteiger partial charge < -0.3 is 51.0 Å². The normalized spacial score (nSPS) is 20.7. The number of fused-ring (bicyclic) bond motifs is 6. The monoisotopic (exact) mass is 1120 g/mol. The fourth-order valence-corrected chi connectivity index (χ4v) is 11.2. The molecule has 3 amide bonds. The number of hydrogen-bond donors (Lipinski definition) is 6. The van der Waals surface area contributed by atoms with Gasteiger partial charge >= 0.3 is 0 Å². The number of nitrogens with zero attached hydrogens (tertiary/aromatic N) is 5. The molecule has 18 nitrogen and oxygen atoms in total. The van der Waals surface area contributed by atoms with Gasteiger partial charge in [-0.05, 0) is 148 Å². The van der Waals surface area contributed by atoms with Crippen LogP contribution in [0.15, 0.2) is 131 Å². The van der Waals surface area contributed by atoms with Crippen molar-refractivity contribution in [3.05, 3.63) is 185 Å². The fourth-order valence-electron chi connectivity index (χ4n) is 11.2. The van der Waals surface area contributed by atoms with Gasteiger partial charge in [0.1, 0.15) is 28.7 Å². The second kappa shape index (κ2) is 30.9. The van der Waals surface area contributed by atoms with Crippen LogP contribution in [0.25, 0.3) is 0 Å². The van der Waals surface area contributed by atoms with Crippen LogP contribution >= 0.6 is 0 Å². The molecule has 0 bridgehead atoms. The van der Waals surface area contributed by atoms with Crippen molar-refractivity contribution in [1.82, 2.24) is 46.2 Å². The van der Waals surface area contributed by atoms with Gasteiger partial charge in [0, 0.05) is 70.6 Å². The number of amides is 3. The molecule has 1 aromatic carbocycles. The fraction of sp³-hybridized carbons (Fsp3) is 0.438. The third kappa shape index (κ3) is 17.1. The molecule has 8 N–H and O–H groups in total. The van der Waals surface area contributed by atoms with Crippen molar-refractivity contribution in [3.63, 3.8) is 0 Å². The number of nitrogens with one attached hydrogen (secondary N) is 4. The Morgan fingerprint density at radius 3 is 1.70 bits per heavy atom. The smallest absolute Gasteiger partial charge is 0.217 e. The van der Waals surface area contributed by atoms with Gasteiger partial charge in [0.15, 0.2) is 0 Å². The predicted octanol–water partition coefficient (Wildman–Crippen LogP) is 10.5. The van der Waals surface area contributed by atoms with Gasteiger partial charge in [-0.25, -0.2) is 0 Å². The summed E-state index contributed by atoms with van der Waals surface area (Å²) in [5.41, 5.74) is 21.9. The lowest BCUT2D eigenvalue weighted by Gasteiger charge is -2.29. The maximum absolute atomic E-state index is 11.0. The summed E-state index contributed by atoms with van der Waals surface area (Å²) in [6.45, 7) is 8.16. The Morgan fingerprint density at radius 1 is 0.500 bits per heavy atom. The van der Waals surface area contributed by atoms with Crippen molar-refractivity contribution in [3.8, 4) is 11.5 Å². The minimum atomic E-state index is -0.0338. The summed E-state index contributed by atoms with van der Waals surface area (Å²) in [5, 5.41) is 12.5. The second-order valence-corrected chi connectivity index (χ2v) is 21.2. The summed E-state index contributed by atoms with van der Waals surface area (Å²) in [6, 6.07) is 27.6. The van der Waals surface area contributed by atoms with Crippen LogP contribution in [0.3, 0.4) is 0 Å².